The van der Waals surface area contributed by atoms with Crippen molar-refractivity contribution in [1.29, 1.82) is 0 Å². The lowest BCUT2D eigenvalue weighted by Gasteiger charge is -2.34. The Morgan fingerprint density at radius 3 is 2.09 bits per heavy atom. The van der Waals surface area contributed by atoms with E-state index in [0.717, 1.165) is 40.7 Å². The van der Waals surface area contributed by atoms with Crippen molar-refractivity contribution in [3.8, 4) is 5.75 Å². The summed E-state index contributed by atoms with van der Waals surface area (Å²) in [6.07, 6.45) is 1.83. The van der Waals surface area contributed by atoms with Gasteiger partial charge in [0.25, 0.3) is 5.91 Å². The van der Waals surface area contributed by atoms with E-state index in [4.69, 9.17) is 9.15 Å². The summed E-state index contributed by atoms with van der Waals surface area (Å²) in [6, 6.07) is 12.5. The molecule has 5 nitrogen and oxygen atoms in total. The Kier molecular flexibility index (Phi) is 7.49. The van der Waals surface area contributed by atoms with Crippen LogP contribution in [-0.4, -0.2) is 37.3 Å². The Morgan fingerprint density at radius 1 is 0.943 bits per heavy atom. The average Bonchev–Trinajstić information content (AvgIpc) is 3.14. The summed E-state index contributed by atoms with van der Waals surface area (Å²) in [6.45, 7) is 14.2. The summed E-state index contributed by atoms with van der Waals surface area (Å²) in [7, 11) is 3.46. The molecule has 0 N–H and O–H groups in total. The zero-order chi connectivity index (χ0) is 26.1. The normalized spacial score (nSPS) is 12.1. The van der Waals surface area contributed by atoms with Crippen LogP contribution in [0.5, 0.6) is 5.75 Å². The van der Waals surface area contributed by atoms with Crippen molar-refractivity contribution >= 4 is 22.7 Å². The molecule has 0 aliphatic rings. The van der Waals surface area contributed by atoms with E-state index >= 15 is 0 Å². The summed E-state index contributed by atoms with van der Waals surface area (Å²) < 4.78 is 11.8. The molecule has 0 spiro atoms. The topological polar surface area (TPSA) is 59.8 Å². The summed E-state index contributed by atoms with van der Waals surface area (Å²) in [5.41, 5.74) is 4.38. The molecule has 188 valence electrons. The van der Waals surface area contributed by atoms with Crippen LogP contribution in [0.15, 0.2) is 40.8 Å². The third-order valence-corrected chi connectivity index (χ3v) is 7.22. The molecule has 0 radical (unpaired) electrons. The fourth-order valence-electron chi connectivity index (χ4n) is 4.63. The number of fused-ring (bicyclic) bond motifs is 1. The van der Waals surface area contributed by atoms with Gasteiger partial charge >= 0.3 is 0 Å². The molecule has 0 saturated carbocycles. The summed E-state index contributed by atoms with van der Waals surface area (Å²) in [5.74, 6) is 1.07. The molecule has 1 aromatic heterocycles. The van der Waals surface area contributed by atoms with Gasteiger partial charge in [-0.1, -0.05) is 52.8 Å². The fourth-order valence-corrected chi connectivity index (χ4v) is 4.63. The molecule has 0 saturated heterocycles. The van der Waals surface area contributed by atoms with Crippen LogP contribution >= 0.6 is 0 Å². The molecule has 1 amide bonds. The predicted octanol–water partition coefficient (Wildman–Crippen LogP) is 6.85. The highest BCUT2D eigenvalue weighted by molar-refractivity contribution is 5.99. The molecule has 0 fully saturated rings. The van der Waals surface area contributed by atoms with Gasteiger partial charge in [0.15, 0.2) is 11.5 Å². The zero-order valence-corrected chi connectivity index (χ0v) is 22.7. The van der Waals surface area contributed by atoms with Gasteiger partial charge in [-0.2, -0.15) is 0 Å². The first-order chi connectivity index (χ1) is 16.4. The van der Waals surface area contributed by atoms with Gasteiger partial charge in [-0.05, 0) is 61.6 Å². The maximum atomic E-state index is 12.6. The second kappa shape index (κ2) is 9.88. The maximum Gasteiger partial charge on any atom is 0.289 e. The molecular weight excluding hydrogens is 438 g/mol. The van der Waals surface area contributed by atoms with Gasteiger partial charge in [-0.25, -0.2) is 0 Å². The fraction of sp³-hybridized carbons (Fsp3) is 0.467. The number of Topliss-reactive ketones (excluding diaryl/α,β-unsaturated/α-hetero) is 1. The number of benzene rings is 2. The molecule has 0 unspecified atom stereocenters. The average molecular weight is 478 g/mol. The first-order valence-corrected chi connectivity index (χ1v) is 12.4. The largest absolute Gasteiger partial charge is 0.486 e. The number of hydrogen-bond acceptors (Lipinski definition) is 4. The molecule has 2 aromatic carbocycles. The molecular formula is C30H39NO4. The van der Waals surface area contributed by atoms with E-state index in [1.54, 1.807) is 14.1 Å². The van der Waals surface area contributed by atoms with Crippen LogP contribution in [0, 0.1) is 19.3 Å². The summed E-state index contributed by atoms with van der Waals surface area (Å²) in [5, 5.41) is 0.969. The van der Waals surface area contributed by atoms with E-state index < -0.39 is 5.41 Å². The van der Waals surface area contributed by atoms with Crippen molar-refractivity contribution in [1.82, 2.24) is 4.90 Å². The minimum absolute atomic E-state index is 0.0703. The highest BCUT2D eigenvalue weighted by Gasteiger charge is 2.32. The van der Waals surface area contributed by atoms with Crippen molar-refractivity contribution in [3.05, 3.63) is 64.4 Å². The Balaban J connectivity index is 2.01. The van der Waals surface area contributed by atoms with Crippen LogP contribution in [-0.2, 0) is 10.2 Å². The molecule has 5 heteroatoms. The van der Waals surface area contributed by atoms with Crippen molar-refractivity contribution in [3.63, 3.8) is 0 Å². The van der Waals surface area contributed by atoms with Crippen LogP contribution in [0.2, 0.25) is 0 Å². The number of carbonyl (C=O) groups is 2. The minimum Gasteiger partial charge on any atom is -0.486 e. The van der Waals surface area contributed by atoms with Gasteiger partial charge < -0.3 is 14.1 Å². The van der Waals surface area contributed by atoms with Crippen molar-refractivity contribution in [2.45, 2.75) is 66.7 Å². The van der Waals surface area contributed by atoms with E-state index in [0.29, 0.717) is 5.76 Å². The van der Waals surface area contributed by atoms with E-state index in [-0.39, 0.29) is 23.7 Å². The second-order valence-electron chi connectivity index (χ2n) is 10.7. The van der Waals surface area contributed by atoms with Gasteiger partial charge in [0.2, 0.25) is 0 Å². The van der Waals surface area contributed by atoms with E-state index in [1.807, 2.05) is 46.8 Å². The highest BCUT2D eigenvalue weighted by atomic mass is 16.5. The number of aryl methyl sites for hydroxylation is 2. The monoisotopic (exact) mass is 477 g/mol. The lowest BCUT2D eigenvalue weighted by Crippen LogP contribution is -2.27. The summed E-state index contributed by atoms with van der Waals surface area (Å²) in [4.78, 5) is 26.4. The van der Waals surface area contributed by atoms with Gasteiger partial charge in [-0.3, -0.25) is 9.59 Å². The highest BCUT2D eigenvalue weighted by Crippen LogP contribution is 2.42. The Morgan fingerprint density at radius 2 is 1.54 bits per heavy atom. The summed E-state index contributed by atoms with van der Waals surface area (Å²) >= 11 is 0. The molecule has 0 bridgehead atoms. The van der Waals surface area contributed by atoms with Crippen LogP contribution in [0.1, 0.15) is 80.3 Å². The number of nitrogens with zero attached hydrogens (tertiary/aromatic N) is 1. The van der Waals surface area contributed by atoms with Crippen LogP contribution in [0.3, 0.4) is 0 Å². The van der Waals surface area contributed by atoms with Crippen LogP contribution in [0.25, 0.3) is 11.0 Å². The molecule has 0 aliphatic heterocycles. The number of hydrogen-bond donors (Lipinski definition) is 0. The minimum atomic E-state index is -0.422. The van der Waals surface area contributed by atoms with Crippen molar-refractivity contribution in [2.24, 2.45) is 5.41 Å². The zero-order valence-electron chi connectivity index (χ0n) is 22.7. The third kappa shape index (κ3) is 5.00. The van der Waals surface area contributed by atoms with Gasteiger partial charge in [0, 0.05) is 35.9 Å². The molecule has 1 heterocycles. The SMILES string of the molecule is CCC(CC)(c1ccc(OCC(=O)C(C)(C)C)c(C)c1)c1ccc2oc(C(=O)N(C)C)c(C)c2c1. The van der Waals surface area contributed by atoms with E-state index in [2.05, 4.69) is 38.1 Å². The lowest BCUT2D eigenvalue weighted by molar-refractivity contribution is -0.128. The van der Waals surface area contributed by atoms with E-state index in [1.165, 1.54) is 16.0 Å². The lowest BCUT2D eigenvalue weighted by atomic mass is 9.70. The number of ketones is 1. The second-order valence-corrected chi connectivity index (χ2v) is 10.7. The standard InChI is InChI=1S/C30H39NO4/c1-10-30(11-2,21-12-14-24(19(3)16-21)34-18-26(32)29(5,6)7)22-13-15-25-23(17-22)20(4)27(35-25)28(33)31(8)9/h12-17H,10-11,18H2,1-9H3. The molecule has 35 heavy (non-hydrogen) atoms. The van der Waals surface area contributed by atoms with E-state index in [9.17, 15) is 9.59 Å². The maximum absolute atomic E-state index is 12.6. The predicted molar refractivity (Wildman–Crippen MR) is 141 cm³/mol. The molecule has 0 aliphatic carbocycles. The van der Waals surface area contributed by atoms with Crippen LogP contribution < -0.4 is 4.74 Å². The number of ether oxygens (including phenoxy) is 1. The van der Waals surface area contributed by atoms with Crippen molar-refractivity contribution in [2.75, 3.05) is 20.7 Å². The molecule has 3 aromatic rings. The Labute approximate surface area is 209 Å². The smallest absolute Gasteiger partial charge is 0.289 e. The van der Waals surface area contributed by atoms with Gasteiger partial charge in [0.1, 0.15) is 17.9 Å². The third-order valence-electron chi connectivity index (χ3n) is 7.22. The molecule has 3 rings (SSSR count). The Bertz CT molecular complexity index is 1240. The Hall–Kier alpha value is -3.08. The number of furan rings is 1. The first kappa shape index (κ1) is 26.5. The van der Waals surface area contributed by atoms with Gasteiger partial charge in [-0.15, -0.1) is 0 Å². The quantitative estimate of drug-likeness (QED) is 0.356. The van der Waals surface area contributed by atoms with Crippen LogP contribution in [0.4, 0.5) is 0 Å². The van der Waals surface area contributed by atoms with Gasteiger partial charge in [0.05, 0.1) is 0 Å². The first-order valence-electron chi connectivity index (χ1n) is 12.4. The number of carbonyl (C=O) groups excluding carboxylic acids is 2. The number of rotatable bonds is 8. The molecule has 0 atom stereocenters. The van der Waals surface area contributed by atoms with Crippen molar-refractivity contribution < 1.29 is 18.7 Å². The number of amides is 1.